The van der Waals surface area contributed by atoms with E-state index in [1.54, 1.807) is 6.34 Å². The number of rotatable bonds is 3. The second-order valence-corrected chi connectivity index (χ2v) is 5.54. The second-order valence-electron chi connectivity index (χ2n) is 5.54. The van der Waals surface area contributed by atoms with Crippen molar-refractivity contribution < 1.29 is 0 Å². The number of fused-ring (bicyclic) bond motifs is 1. The van der Waals surface area contributed by atoms with Crippen LogP contribution in [0.5, 0.6) is 0 Å². The Morgan fingerprint density at radius 3 is 2.26 bits per heavy atom. The van der Waals surface area contributed by atoms with Gasteiger partial charge in [0.25, 0.3) is 0 Å². The fourth-order valence-electron chi connectivity index (χ4n) is 2.29. The molecular formula is C20H19N3. The molecule has 3 rings (SSSR count). The normalized spacial score (nSPS) is 12.0. The van der Waals surface area contributed by atoms with Crippen LogP contribution in [0.1, 0.15) is 5.56 Å². The Morgan fingerprint density at radius 1 is 0.826 bits per heavy atom. The van der Waals surface area contributed by atoms with E-state index in [2.05, 4.69) is 35.3 Å². The number of nitrogens with zero attached hydrogens (tertiary/aromatic N) is 3. The summed E-state index contributed by atoms with van der Waals surface area (Å²) in [6, 6.07) is 24.5. The van der Waals surface area contributed by atoms with E-state index in [-0.39, 0.29) is 0 Å². The van der Waals surface area contributed by atoms with Gasteiger partial charge in [0.15, 0.2) is 5.84 Å². The summed E-state index contributed by atoms with van der Waals surface area (Å²) in [5.41, 5.74) is 1.90. The summed E-state index contributed by atoms with van der Waals surface area (Å²) in [7, 11) is 3.90. The van der Waals surface area contributed by atoms with E-state index in [0.29, 0.717) is 5.84 Å². The van der Waals surface area contributed by atoms with Crippen molar-refractivity contribution in [3.05, 3.63) is 78.4 Å². The molecule has 23 heavy (non-hydrogen) atoms. The van der Waals surface area contributed by atoms with Crippen LogP contribution in [0.15, 0.2) is 82.8 Å². The minimum Gasteiger partial charge on any atom is -0.369 e. The Hall–Kier alpha value is -2.94. The van der Waals surface area contributed by atoms with Crippen LogP contribution in [0.25, 0.3) is 10.8 Å². The molecule has 0 bridgehead atoms. The molecule has 0 aliphatic carbocycles. The van der Waals surface area contributed by atoms with E-state index < -0.39 is 0 Å². The lowest BCUT2D eigenvalue weighted by Gasteiger charge is -2.07. The molecule has 0 saturated carbocycles. The second kappa shape index (κ2) is 6.88. The molecule has 0 amide bonds. The van der Waals surface area contributed by atoms with Gasteiger partial charge in [-0.1, -0.05) is 54.6 Å². The summed E-state index contributed by atoms with van der Waals surface area (Å²) >= 11 is 0. The molecule has 0 fully saturated rings. The number of hydrogen-bond acceptors (Lipinski definition) is 1. The molecule has 0 spiro atoms. The largest absolute Gasteiger partial charge is 0.369 e. The third-order valence-electron chi connectivity index (χ3n) is 3.41. The molecule has 0 radical (unpaired) electrons. The van der Waals surface area contributed by atoms with Gasteiger partial charge in [0.05, 0.1) is 12.0 Å². The van der Waals surface area contributed by atoms with Crippen molar-refractivity contribution in [1.82, 2.24) is 4.90 Å². The smallest absolute Gasteiger partial charge is 0.161 e. The monoisotopic (exact) mass is 301 g/mol. The Morgan fingerprint density at radius 2 is 1.52 bits per heavy atom. The first-order valence-electron chi connectivity index (χ1n) is 7.56. The third-order valence-corrected chi connectivity index (χ3v) is 3.41. The van der Waals surface area contributed by atoms with Crippen molar-refractivity contribution in [2.45, 2.75) is 0 Å². The highest BCUT2D eigenvalue weighted by Gasteiger charge is 2.04. The molecule has 0 saturated heterocycles. The predicted molar refractivity (Wildman–Crippen MR) is 98.8 cm³/mol. The summed E-state index contributed by atoms with van der Waals surface area (Å²) in [6.07, 6.45) is 1.77. The first-order chi connectivity index (χ1) is 11.2. The minimum absolute atomic E-state index is 0.704. The van der Waals surface area contributed by atoms with Gasteiger partial charge in [-0.2, -0.15) is 0 Å². The van der Waals surface area contributed by atoms with Gasteiger partial charge >= 0.3 is 0 Å². The van der Waals surface area contributed by atoms with Gasteiger partial charge in [0.1, 0.15) is 0 Å². The third kappa shape index (κ3) is 3.83. The summed E-state index contributed by atoms with van der Waals surface area (Å²) in [6.45, 7) is 0. The Balaban J connectivity index is 2.07. The van der Waals surface area contributed by atoms with Crippen molar-refractivity contribution in [2.75, 3.05) is 14.1 Å². The highest BCUT2D eigenvalue weighted by molar-refractivity contribution is 6.06. The lowest BCUT2D eigenvalue weighted by molar-refractivity contribution is 0.644. The van der Waals surface area contributed by atoms with Crippen molar-refractivity contribution in [3.63, 3.8) is 0 Å². The van der Waals surface area contributed by atoms with E-state index in [1.807, 2.05) is 61.5 Å². The van der Waals surface area contributed by atoms with Crippen LogP contribution in [-0.2, 0) is 0 Å². The lowest BCUT2D eigenvalue weighted by Crippen LogP contribution is -2.10. The Kier molecular flexibility index (Phi) is 4.48. The van der Waals surface area contributed by atoms with Crippen LogP contribution in [0.4, 0.5) is 5.69 Å². The summed E-state index contributed by atoms with van der Waals surface area (Å²) in [5, 5.41) is 2.40. The standard InChI is InChI=1S/C20H19N3/c1-23(2)15-21-20(22-19-10-4-3-5-11-19)18-13-12-16-8-6-7-9-17(16)14-18/h3-15H,1-2H3. The molecule has 3 aromatic carbocycles. The van der Waals surface area contributed by atoms with Crippen molar-refractivity contribution in [3.8, 4) is 0 Å². The van der Waals surface area contributed by atoms with Crippen LogP contribution in [0.2, 0.25) is 0 Å². The van der Waals surface area contributed by atoms with Gasteiger partial charge in [-0.15, -0.1) is 0 Å². The summed E-state index contributed by atoms with van der Waals surface area (Å²) < 4.78 is 0. The predicted octanol–water partition coefficient (Wildman–Crippen LogP) is 4.51. The van der Waals surface area contributed by atoms with Crippen molar-refractivity contribution in [2.24, 2.45) is 9.98 Å². The molecule has 0 heterocycles. The lowest BCUT2D eigenvalue weighted by atomic mass is 10.1. The summed E-state index contributed by atoms with van der Waals surface area (Å²) in [5.74, 6) is 0.704. The number of hydrogen-bond donors (Lipinski definition) is 0. The van der Waals surface area contributed by atoms with Gasteiger partial charge in [-0.3, -0.25) is 0 Å². The molecule has 3 nitrogen and oxygen atoms in total. The minimum atomic E-state index is 0.704. The maximum atomic E-state index is 4.70. The molecule has 0 aliphatic rings. The molecule has 3 heteroatoms. The van der Waals surface area contributed by atoms with E-state index in [0.717, 1.165) is 11.3 Å². The molecule has 0 atom stereocenters. The Labute approximate surface area is 136 Å². The average molecular weight is 301 g/mol. The highest BCUT2D eigenvalue weighted by Crippen LogP contribution is 2.19. The SMILES string of the molecule is CN(C)C=NC(=Nc1ccccc1)c1ccc2ccccc2c1. The fraction of sp³-hybridized carbons (Fsp3) is 0.100. The van der Waals surface area contributed by atoms with Crippen LogP contribution in [-0.4, -0.2) is 31.2 Å². The highest BCUT2D eigenvalue weighted by atomic mass is 15.1. The number of benzene rings is 3. The zero-order valence-electron chi connectivity index (χ0n) is 13.3. The zero-order chi connectivity index (χ0) is 16.1. The average Bonchev–Trinajstić information content (AvgIpc) is 2.59. The van der Waals surface area contributed by atoms with Gasteiger partial charge in [-0.25, -0.2) is 9.98 Å². The van der Waals surface area contributed by atoms with Crippen LogP contribution in [0, 0.1) is 0 Å². The molecule has 114 valence electrons. The molecule has 3 aromatic rings. The molecule has 0 unspecified atom stereocenters. The molecule has 0 aliphatic heterocycles. The van der Waals surface area contributed by atoms with Gasteiger partial charge in [-0.05, 0) is 29.0 Å². The van der Waals surface area contributed by atoms with Gasteiger partial charge in [0, 0.05) is 19.7 Å². The quantitative estimate of drug-likeness (QED) is 0.517. The van der Waals surface area contributed by atoms with Crippen LogP contribution in [0.3, 0.4) is 0 Å². The van der Waals surface area contributed by atoms with E-state index >= 15 is 0 Å². The van der Waals surface area contributed by atoms with Crippen LogP contribution >= 0.6 is 0 Å². The van der Waals surface area contributed by atoms with Gasteiger partial charge in [0.2, 0.25) is 0 Å². The molecule has 0 N–H and O–H groups in total. The zero-order valence-corrected chi connectivity index (χ0v) is 13.3. The summed E-state index contributed by atoms with van der Waals surface area (Å²) in [4.78, 5) is 11.2. The topological polar surface area (TPSA) is 28.0 Å². The number of para-hydroxylation sites is 1. The molecule has 0 aromatic heterocycles. The fourth-order valence-corrected chi connectivity index (χ4v) is 2.29. The maximum Gasteiger partial charge on any atom is 0.161 e. The van der Waals surface area contributed by atoms with E-state index in [1.165, 1.54) is 10.8 Å². The van der Waals surface area contributed by atoms with Gasteiger partial charge < -0.3 is 4.90 Å². The first kappa shape index (κ1) is 15.0. The van der Waals surface area contributed by atoms with Crippen molar-refractivity contribution in [1.29, 1.82) is 0 Å². The maximum absolute atomic E-state index is 4.70. The van der Waals surface area contributed by atoms with Crippen molar-refractivity contribution >= 4 is 28.6 Å². The number of aliphatic imine (C=N–C) groups is 2. The van der Waals surface area contributed by atoms with Crippen LogP contribution < -0.4 is 0 Å². The number of amidine groups is 1. The Bertz CT molecular complexity index is 849. The molecular weight excluding hydrogens is 282 g/mol. The van der Waals surface area contributed by atoms with E-state index in [4.69, 9.17) is 4.99 Å². The first-order valence-corrected chi connectivity index (χ1v) is 7.56. The van der Waals surface area contributed by atoms with E-state index in [9.17, 15) is 0 Å².